The third-order valence-electron chi connectivity index (χ3n) is 5.10. The van der Waals surface area contributed by atoms with Crippen molar-refractivity contribution in [3.63, 3.8) is 0 Å². The van der Waals surface area contributed by atoms with Gasteiger partial charge >= 0.3 is 0 Å². The van der Waals surface area contributed by atoms with Crippen molar-refractivity contribution < 1.29 is 0 Å². The van der Waals surface area contributed by atoms with Gasteiger partial charge in [0.25, 0.3) is 10.9 Å². The van der Waals surface area contributed by atoms with Crippen molar-refractivity contribution in [1.82, 2.24) is 9.88 Å². The molecular weight excluding hydrogens is 376 g/mol. The van der Waals surface area contributed by atoms with Crippen LogP contribution in [0.4, 0.5) is 11.4 Å². The van der Waals surface area contributed by atoms with Crippen molar-refractivity contribution in [1.29, 1.82) is 0 Å². The molecule has 0 atom stereocenters. The topological polar surface area (TPSA) is 65.5 Å². The fraction of sp³-hybridized carbons (Fsp3) is 0.286. The summed E-state index contributed by atoms with van der Waals surface area (Å²) in [5.74, 6) is 0. The minimum absolute atomic E-state index is 0.400. The van der Waals surface area contributed by atoms with Crippen LogP contribution in [0.3, 0.4) is 0 Å². The van der Waals surface area contributed by atoms with Crippen LogP contribution in [0.5, 0.6) is 0 Å². The summed E-state index contributed by atoms with van der Waals surface area (Å²) in [5.41, 5.74) is 2.01. The summed E-state index contributed by atoms with van der Waals surface area (Å²) >= 11 is 6.25. The van der Waals surface area contributed by atoms with Gasteiger partial charge in [0.2, 0.25) is 0 Å². The molecule has 1 saturated heterocycles. The number of nitrogens with zero attached hydrogens (tertiary/aromatic N) is 3. The van der Waals surface area contributed by atoms with E-state index in [1.54, 1.807) is 6.20 Å². The fourth-order valence-electron chi connectivity index (χ4n) is 3.52. The van der Waals surface area contributed by atoms with Gasteiger partial charge in [-0.15, -0.1) is 0 Å². The minimum atomic E-state index is -0.440. The number of rotatable bonds is 6. The average Bonchev–Trinajstić information content (AvgIpc) is 2.73. The number of pyridine rings is 1. The largest absolute Gasteiger partial charge is 0.374 e. The summed E-state index contributed by atoms with van der Waals surface area (Å²) in [6.45, 7) is 4.23. The van der Waals surface area contributed by atoms with Crippen LogP contribution in [-0.2, 0) is 13.1 Å². The van der Waals surface area contributed by atoms with E-state index >= 15 is 0 Å². The molecule has 1 aliphatic rings. The zero-order valence-corrected chi connectivity index (χ0v) is 16.2. The highest BCUT2D eigenvalue weighted by atomic mass is 35.5. The maximum absolute atomic E-state index is 12.2. The molecular formula is C21H21ClN4O2. The predicted molar refractivity (Wildman–Crippen MR) is 112 cm³/mol. The van der Waals surface area contributed by atoms with Crippen LogP contribution >= 0.6 is 11.6 Å². The van der Waals surface area contributed by atoms with Crippen LogP contribution < -0.4 is 21.1 Å². The molecule has 28 heavy (non-hydrogen) atoms. The van der Waals surface area contributed by atoms with E-state index < -0.39 is 10.9 Å². The Labute approximate surface area is 168 Å². The van der Waals surface area contributed by atoms with Crippen molar-refractivity contribution in [3.05, 3.63) is 85.4 Å². The highest BCUT2D eigenvalue weighted by Crippen LogP contribution is 2.23. The lowest BCUT2D eigenvalue weighted by Crippen LogP contribution is -2.51. The molecule has 3 aromatic rings. The summed E-state index contributed by atoms with van der Waals surface area (Å²) < 4.78 is 0. The zero-order valence-electron chi connectivity index (χ0n) is 15.4. The first kappa shape index (κ1) is 18.7. The average molecular weight is 397 g/mol. The van der Waals surface area contributed by atoms with E-state index in [4.69, 9.17) is 11.6 Å². The van der Waals surface area contributed by atoms with E-state index in [0.29, 0.717) is 31.0 Å². The lowest BCUT2D eigenvalue weighted by atomic mass is 10.1. The van der Waals surface area contributed by atoms with E-state index in [9.17, 15) is 9.59 Å². The number of benzene rings is 1. The number of halogens is 1. The van der Waals surface area contributed by atoms with E-state index in [1.807, 2.05) is 47.4 Å². The van der Waals surface area contributed by atoms with Gasteiger partial charge in [0.1, 0.15) is 11.4 Å². The summed E-state index contributed by atoms with van der Waals surface area (Å²) in [6, 6.07) is 13.5. The van der Waals surface area contributed by atoms with Crippen LogP contribution in [0.25, 0.3) is 0 Å². The molecule has 0 bridgehead atoms. The molecule has 1 N–H and O–H groups in total. The molecule has 6 nitrogen and oxygen atoms in total. The number of piperazine rings is 1. The summed E-state index contributed by atoms with van der Waals surface area (Å²) in [5, 5.41) is 3.87. The smallest absolute Gasteiger partial charge is 0.253 e. The Morgan fingerprint density at radius 3 is 2.43 bits per heavy atom. The lowest BCUT2D eigenvalue weighted by molar-refractivity contribution is 0.249. The van der Waals surface area contributed by atoms with Gasteiger partial charge < -0.3 is 10.2 Å². The molecule has 7 heteroatoms. The fourth-order valence-corrected chi connectivity index (χ4v) is 3.72. The Morgan fingerprint density at radius 2 is 1.71 bits per heavy atom. The first-order valence-corrected chi connectivity index (χ1v) is 9.69. The summed E-state index contributed by atoms with van der Waals surface area (Å²) in [7, 11) is 0. The van der Waals surface area contributed by atoms with Crippen LogP contribution in [0.1, 0.15) is 11.3 Å². The van der Waals surface area contributed by atoms with Gasteiger partial charge in [-0.25, -0.2) is 0 Å². The van der Waals surface area contributed by atoms with E-state index in [0.717, 1.165) is 35.9 Å². The quantitative estimate of drug-likeness (QED) is 0.645. The van der Waals surface area contributed by atoms with Crippen molar-refractivity contribution in [3.8, 4) is 0 Å². The maximum atomic E-state index is 12.2. The molecule has 0 radical (unpaired) electrons. The highest BCUT2D eigenvalue weighted by molar-refractivity contribution is 6.31. The second-order valence-corrected chi connectivity index (χ2v) is 7.32. The molecule has 1 fully saturated rings. The molecule has 0 saturated carbocycles. The minimum Gasteiger partial charge on any atom is -0.374 e. The second kappa shape index (κ2) is 8.12. The van der Waals surface area contributed by atoms with Crippen molar-refractivity contribution in [2.45, 2.75) is 13.1 Å². The number of nitrogens with one attached hydrogen (secondary N) is 1. The van der Waals surface area contributed by atoms with Gasteiger partial charge in [-0.05, 0) is 23.8 Å². The van der Waals surface area contributed by atoms with Crippen molar-refractivity contribution in [2.24, 2.45) is 0 Å². The molecule has 4 rings (SSSR count). The third kappa shape index (κ3) is 3.79. The zero-order chi connectivity index (χ0) is 19.5. The van der Waals surface area contributed by atoms with Gasteiger partial charge in [-0.2, -0.15) is 0 Å². The van der Waals surface area contributed by atoms with Crippen LogP contribution in [0.15, 0.2) is 58.3 Å². The van der Waals surface area contributed by atoms with Crippen LogP contribution in [-0.4, -0.2) is 36.1 Å². The third-order valence-corrected chi connectivity index (χ3v) is 5.47. The SMILES string of the molecule is O=c1c(NCc2ccccn2)c(N2CCN(Cc3ccccc3Cl)CC2)c1=O. The Balaban J connectivity index is 1.38. The Bertz CT molecular complexity index is 1020. The maximum Gasteiger partial charge on any atom is 0.253 e. The molecule has 1 aromatic heterocycles. The van der Waals surface area contributed by atoms with Crippen molar-refractivity contribution in [2.75, 3.05) is 36.4 Å². The standard InChI is InChI=1S/C21H21ClN4O2/c22-17-7-2-1-5-15(17)14-25-9-11-26(12-10-25)19-18(20(27)21(19)28)24-13-16-6-3-4-8-23-16/h1-8,24H,9-14H2. The Kier molecular flexibility index (Phi) is 5.41. The monoisotopic (exact) mass is 396 g/mol. The number of aromatic nitrogens is 1. The first-order valence-electron chi connectivity index (χ1n) is 9.31. The molecule has 0 spiro atoms. The molecule has 0 amide bonds. The van der Waals surface area contributed by atoms with E-state index in [1.165, 1.54) is 0 Å². The summed E-state index contributed by atoms with van der Waals surface area (Å²) in [4.78, 5) is 32.8. The molecule has 1 aliphatic heterocycles. The normalized spacial score (nSPS) is 15.1. The Morgan fingerprint density at radius 1 is 0.964 bits per heavy atom. The van der Waals surface area contributed by atoms with Crippen LogP contribution in [0, 0.1) is 0 Å². The van der Waals surface area contributed by atoms with Gasteiger partial charge in [0, 0.05) is 43.9 Å². The first-order chi connectivity index (χ1) is 13.6. The number of anilines is 2. The Hall–Kier alpha value is -2.70. The molecule has 144 valence electrons. The van der Waals surface area contributed by atoms with Crippen molar-refractivity contribution >= 4 is 23.0 Å². The van der Waals surface area contributed by atoms with Gasteiger partial charge in [-0.3, -0.25) is 19.5 Å². The number of hydrogen-bond donors (Lipinski definition) is 1. The van der Waals surface area contributed by atoms with Crippen LogP contribution in [0.2, 0.25) is 5.02 Å². The van der Waals surface area contributed by atoms with Gasteiger partial charge in [-0.1, -0.05) is 35.9 Å². The van der Waals surface area contributed by atoms with Gasteiger partial charge in [0.05, 0.1) is 12.2 Å². The van der Waals surface area contributed by atoms with Gasteiger partial charge in [0.15, 0.2) is 0 Å². The molecule has 0 aliphatic carbocycles. The predicted octanol–water partition coefficient (Wildman–Crippen LogP) is 2.27. The molecule has 2 aromatic carbocycles. The second-order valence-electron chi connectivity index (χ2n) is 6.91. The number of hydrogen-bond acceptors (Lipinski definition) is 6. The highest BCUT2D eigenvalue weighted by Gasteiger charge is 2.28. The van der Waals surface area contributed by atoms with E-state index in [-0.39, 0.29) is 0 Å². The summed E-state index contributed by atoms with van der Waals surface area (Å²) in [6.07, 6.45) is 1.71. The lowest BCUT2D eigenvalue weighted by Gasteiger charge is -2.37. The molecule has 0 unspecified atom stereocenters. The van der Waals surface area contributed by atoms with E-state index in [2.05, 4.69) is 15.2 Å². The molecule has 2 heterocycles.